The van der Waals surface area contributed by atoms with E-state index in [4.69, 9.17) is 11.5 Å². The Morgan fingerprint density at radius 2 is 2.00 bits per heavy atom. The van der Waals surface area contributed by atoms with E-state index in [0.29, 0.717) is 36.5 Å². The van der Waals surface area contributed by atoms with Crippen LogP contribution in [0.5, 0.6) is 0 Å². The van der Waals surface area contributed by atoms with Crippen LogP contribution in [0.15, 0.2) is 60.0 Å². The zero-order chi connectivity index (χ0) is 23.3. The summed E-state index contributed by atoms with van der Waals surface area (Å²) < 4.78 is 2.65. The zero-order valence-electron chi connectivity index (χ0n) is 17.9. The summed E-state index contributed by atoms with van der Waals surface area (Å²) >= 11 is 3.41. The van der Waals surface area contributed by atoms with Crippen molar-refractivity contribution >= 4 is 49.5 Å². The summed E-state index contributed by atoms with van der Waals surface area (Å²) in [6.45, 7) is 4.02. The number of anilines is 2. The van der Waals surface area contributed by atoms with Crippen LogP contribution in [0.25, 0.3) is 21.9 Å². The third-order valence-electron chi connectivity index (χ3n) is 6.94. The molecule has 170 valence electrons. The van der Waals surface area contributed by atoms with Crippen molar-refractivity contribution in [1.82, 2.24) is 19.5 Å². The number of aliphatic hydroxyl groups excluding tert-OH is 2. The van der Waals surface area contributed by atoms with Crippen molar-refractivity contribution in [3.63, 3.8) is 0 Å². The van der Waals surface area contributed by atoms with Gasteiger partial charge in [-0.25, -0.2) is 15.0 Å². The molecule has 0 radical (unpaired) electrons. The average molecular weight is 509 g/mol. The topological polar surface area (TPSA) is 136 Å². The normalized spacial score (nSPS) is 25.1. The Morgan fingerprint density at radius 1 is 1.18 bits per heavy atom. The molecule has 3 heterocycles. The molecule has 0 saturated heterocycles. The van der Waals surface area contributed by atoms with Crippen molar-refractivity contribution in [2.24, 2.45) is 5.41 Å². The standard InChI is InChI=1S/C24H25BrN6O2/c1-2-24(7-5-13-3-4-14-10-16(25)22(27)30-17(14)9-13)11-18(19(32)20(24)33)31-8-6-15-21(26)28-12-29-23(15)31/h2-4,6,8-10,12,18-20,32-33H,1,5,7,11H2,(H2,27,30)(H2,26,28,29)/t18-,19+,20+,24+/m1/s1. The summed E-state index contributed by atoms with van der Waals surface area (Å²) in [6.07, 6.45) is 4.95. The molecule has 1 aliphatic carbocycles. The maximum atomic E-state index is 11.1. The lowest BCUT2D eigenvalue weighted by Crippen LogP contribution is -2.35. The number of aromatic nitrogens is 4. The van der Waals surface area contributed by atoms with Gasteiger partial charge < -0.3 is 26.2 Å². The van der Waals surface area contributed by atoms with E-state index in [1.54, 1.807) is 6.08 Å². The number of benzene rings is 1. The van der Waals surface area contributed by atoms with Crippen LogP contribution in [0, 0.1) is 5.41 Å². The molecule has 0 aliphatic heterocycles. The van der Waals surface area contributed by atoms with Crippen LogP contribution in [0.1, 0.15) is 24.4 Å². The number of rotatable bonds is 5. The van der Waals surface area contributed by atoms with Crippen LogP contribution in [-0.4, -0.2) is 41.9 Å². The molecule has 0 amide bonds. The van der Waals surface area contributed by atoms with Gasteiger partial charge in [0, 0.05) is 17.0 Å². The number of fused-ring (bicyclic) bond motifs is 2. The number of aliphatic hydroxyl groups is 2. The highest BCUT2D eigenvalue weighted by atomic mass is 79.9. The Morgan fingerprint density at radius 3 is 2.79 bits per heavy atom. The van der Waals surface area contributed by atoms with E-state index in [0.717, 1.165) is 26.3 Å². The third-order valence-corrected chi connectivity index (χ3v) is 7.58. The Hall–Kier alpha value is -3.01. The van der Waals surface area contributed by atoms with Crippen LogP contribution in [0.3, 0.4) is 0 Å². The maximum absolute atomic E-state index is 11.1. The van der Waals surface area contributed by atoms with Crippen LogP contribution in [0.2, 0.25) is 0 Å². The minimum atomic E-state index is -0.967. The maximum Gasteiger partial charge on any atom is 0.145 e. The van der Waals surface area contributed by atoms with E-state index in [2.05, 4.69) is 43.5 Å². The smallest absolute Gasteiger partial charge is 0.145 e. The average Bonchev–Trinajstić information content (AvgIpc) is 3.34. The fourth-order valence-corrected chi connectivity index (χ4v) is 5.33. The summed E-state index contributed by atoms with van der Waals surface area (Å²) in [7, 11) is 0. The summed E-state index contributed by atoms with van der Waals surface area (Å²) in [5, 5.41) is 23.8. The number of halogens is 1. The van der Waals surface area contributed by atoms with Gasteiger partial charge in [-0.1, -0.05) is 18.2 Å². The minimum Gasteiger partial charge on any atom is -0.389 e. The Labute approximate surface area is 199 Å². The van der Waals surface area contributed by atoms with Crippen molar-refractivity contribution in [3.8, 4) is 0 Å². The van der Waals surface area contributed by atoms with Gasteiger partial charge in [-0.15, -0.1) is 6.58 Å². The lowest BCUT2D eigenvalue weighted by molar-refractivity contribution is -0.0143. The predicted octanol–water partition coefficient (Wildman–Crippen LogP) is 3.38. The van der Waals surface area contributed by atoms with E-state index in [1.807, 2.05) is 35.0 Å². The lowest BCUT2D eigenvalue weighted by atomic mass is 9.78. The van der Waals surface area contributed by atoms with Crippen molar-refractivity contribution in [3.05, 3.63) is 65.5 Å². The molecule has 6 N–H and O–H groups in total. The number of nitrogens with zero attached hydrogens (tertiary/aromatic N) is 4. The summed E-state index contributed by atoms with van der Waals surface area (Å²) in [5.41, 5.74) is 13.8. The lowest BCUT2D eigenvalue weighted by Gasteiger charge is -2.29. The van der Waals surface area contributed by atoms with Gasteiger partial charge >= 0.3 is 0 Å². The SMILES string of the molecule is C=C[C@]1(CCc2ccc3cc(Br)c(N)nc3c2)C[C@@H](n2ccc3c(N)ncnc32)[C@H](O)[C@@H]1O. The predicted molar refractivity (Wildman–Crippen MR) is 132 cm³/mol. The largest absolute Gasteiger partial charge is 0.389 e. The molecule has 1 aliphatic rings. The first-order chi connectivity index (χ1) is 15.8. The number of hydrogen-bond acceptors (Lipinski definition) is 7. The first-order valence-corrected chi connectivity index (χ1v) is 11.5. The molecule has 33 heavy (non-hydrogen) atoms. The quantitative estimate of drug-likeness (QED) is 0.303. The van der Waals surface area contributed by atoms with Gasteiger partial charge in [0.25, 0.3) is 0 Å². The molecule has 9 heteroatoms. The highest BCUT2D eigenvalue weighted by Gasteiger charge is 2.51. The van der Waals surface area contributed by atoms with Crippen LogP contribution in [-0.2, 0) is 6.42 Å². The summed E-state index contributed by atoms with van der Waals surface area (Å²) in [5.74, 6) is 0.835. The second-order valence-corrected chi connectivity index (χ2v) is 9.60. The molecule has 4 aromatic rings. The minimum absolute atomic E-state index is 0.361. The number of pyridine rings is 1. The van der Waals surface area contributed by atoms with Gasteiger partial charge in [-0.2, -0.15) is 0 Å². The number of hydrogen-bond donors (Lipinski definition) is 4. The molecule has 8 nitrogen and oxygen atoms in total. The Kier molecular flexibility index (Phi) is 5.35. The Bertz CT molecular complexity index is 1370. The first-order valence-electron chi connectivity index (χ1n) is 10.7. The van der Waals surface area contributed by atoms with Gasteiger partial charge in [0.2, 0.25) is 0 Å². The monoisotopic (exact) mass is 508 g/mol. The summed E-state index contributed by atoms with van der Waals surface area (Å²) in [4.78, 5) is 12.8. The molecule has 3 aromatic heterocycles. The van der Waals surface area contributed by atoms with E-state index < -0.39 is 17.6 Å². The van der Waals surface area contributed by atoms with Gasteiger partial charge in [-0.05, 0) is 59.0 Å². The fraction of sp³-hybridized carbons (Fsp3) is 0.292. The molecule has 0 spiro atoms. The molecule has 1 aromatic carbocycles. The van der Waals surface area contributed by atoms with E-state index >= 15 is 0 Å². The van der Waals surface area contributed by atoms with Crippen molar-refractivity contribution in [1.29, 1.82) is 0 Å². The number of aryl methyl sites for hydroxylation is 1. The second-order valence-electron chi connectivity index (χ2n) is 8.75. The molecule has 0 unspecified atom stereocenters. The fourth-order valence-electron chi connectivity index (χ4n) is 4.99. The van der Waals surface area contributed by atoms with Crippen molar-refractivity contribution < 1.29 is 10.2 Å². The molecule has 0 bridgehead atoms. The summed E-state index contributed by atoms with van der Waals surface area (Å²) in [6, 6.07) is 9.51. The van der Waals surface area contributed by atoms with Gasteiger partial charge in [0.05, 0.1) is 27.5 Å². The zero-order valence-corrected chi connectivity index (χ0v) is 19.5. The molecule has 1 saturated carbocycles. The van der Waals surface area contributed by atoms with Gasteiger partial charge in [0.15, 0.2) is 0 Å². The highest BCUT2D eigenvalue weighted by Crippen LogP contribution is 2.49. The molecule has 4 atom stereocenters. The first kappa shape index (κ1) is 21.8. The van der Waals surface area contributed by atoms with Crippen molar-refractivity contribution in [2.45, 2.75) is 37.5 Å². The van der Waals surface area contributed by atoms with Crippen LogP contribution < -0.4 is 11.5 Å². The van der Waals surface area contributed by atoms with Gasteiger partial charge in [-0.3, -0.25) is 0 Å². The molecule has 1 fully saturated rings. The number of nitrogen functional groups attached to an aromatic ring is 2. The van der Waals surface area contributed by atoms with E-state index in [9.17, 15) is 10.2 Å². The third kappa shape index (κ3) is 3.56. The Balaban J connectivity index is 1.42. The van der Waals surface area contributed by atoms with E-state index in [-0.39, 0.29) is 6.04 Å². The second kappa shape index (κ2) is 8.09. The van der Waals surface area contributed by atoms with E-state index in [1.165, 1.54) is 6.33 Å². The van der Waals surface area contributed by atoms with Crippen molar-refractivity contribution in [2.75, 3.05) is 11.5 Å². The number of nitrogens with two attached hydrogens (primary N) is 2. The molecular weight excluding hydrogens is 484 g/mol. The van der Waals surface area contributed by atoms with Gasteiger partial charge in [0.1, 0.15) is 29.7 Å². The van der Waals surface area contributed by atoms with Crippen LogP contribution >= 0.6 is 15.9 Å². The highest BCUT2D eigenvalue weighted by molar-refractivity contribution is 9.10. The molecular formula is C24H25BrN6O2. The van der Waals surface area contributed by atoms with Crippen LogP contribution in [0.4, 0.5) is 11.6 Å². The molecule has 5 rings (SSSR count).